The molecular formula is C15H20F2O2. The van der Waals surface area contributed by atoms with Crippen LogP contribution in [0.2, 0.25) is 0 Å². The van der Waals surface area contributed by atoms with Gasteiger partial charge in [-0.3, -0.25) is 0 Å². The summed E-state index contributed by atoms with van der Waals surface area (Å²) < 4.78 is 27.1. The maximum absolute atomic E-state index is 13.8. The molecule has 2 rings (SSSR count). The molecule has 1 atom stereocenters. The van der Waals surface area contributed by atoms with E-state index in [0.29, 0.717) is 5.56 Å². The third-order valence-corrected chi connectivity index (χ3v) is 4.27. The molecule has 4 heteroatoms. The van der Waals surface area contributed by atoms with E-state index < -0.39 is 17.4 Å². The first-order chi connectivity index (χ1) is 9.04. The second-order valence-electron chi connectivity index (χ2n) is 5.39. The van der Waals surface area contributed by atoms with Gasteiger partial charge in [0.25, 0.3) is 0 Å². The smallest absolute Gasteiger partial charge is 0.200 e. The van der Waals surface area contributed by atoms with E-state index in [1.165, 1.54) is 12.1 Å². The van der Waals surface area contributed by atoms with E-state index in [1.54, 1.807) is 0 Å². The van der Waals surface area contributed by atoms with Crippen LogP contribution >= 0.6 is 0 Å². The van der Waals surface area contributed by atoms with Crippen LogP contribution in [0.25, 0.3) is 0 Å². The highest BCUT2D eigenvalue weighted by atomic mass is 19.2. The predicted molar refractivity (Wildman–Crippen MR) is 69.0 cm³/mol. The standard InChI is InChI=1S/C15H20F2O2/c1-2-12(18)10-5-3-9(4-6-10)11-7-8-13(19)15(17)14(11)16/h7-10,12,18-19H,2-6H2,1H3. The van der Waals surface area contributed by atoms with Gasteiger partial charge in [-0.25, -0.2) is 4.39 Å². The van der Waals surface area contributed by atoms with Gasteiger partial charge in [-0.15, -0.1) is 0 Å². The number of aliphatic hydroxyl groups excluding tert-OH is 1. The molecule has 1 fully saturated rings. The summed E-state index contributed by atoms with van der Waals surface area (Å²) in [5.74, 6) is -2.48. The Morgan fingerprint density at radius 2 is 1.79 bits per heavy atom. The molecule has 0 amide bonds. The lowest BCUT2D eigenvalue weighted by Gasteiger charge is -2.31. The number of phenols is 1. The van der Waals surface area contributed by atoms with Gasteiger partial charge >= 0.3 is 0 Å². The summed E-state index contributed by atoms with van der Waals surface area (Å²) in [6.07, 6.45) is 3.62. The highest BCUT2D eigenvalue weighted by Gasteiger charge is 2.28. The molecule has 0 spiro atoms. The minimum Gasteiger partial charge on any atom is -0.505 e. The molecule has 0 saturated heterocycles. The number of halogens is 2. The molecule has 0 heterocycles. The lowest BCUT2D eigenvalue weighted by Crippen LogP contribution is -2.24. The van der Waals surface area contributed by atoms with E-state index in [2.05, 4.69) is 0 Å². The number of hydrogen-bond acceptors (Lipinski definition) is 2. The number of rotatable bonds is 3. The third kappa shape index (κ3) is 2.89. The molecular weight excluding hydrogens is 250 g/mol. The van der Waals surface area contributed by atoms with Crippen LogP contribution in [0.3, 0.4) is 0 Å². The Kier molecular flexibility index (Phi) is 4.40. The molecule has 1 saturated carbocycles. The predicted octanol–water partition coefficient (Wildman–Crippen LogP) is 3.72. The van der Waals surface area contributed by atoms with Crippen LogP contribution in [-0.4, -0.2) is 16.3 Å². The largest absolute Gasteiger partial charge is 0.505 e. The second-order valence-corrected chi connectivity index (χ2v) is 5.39. The Hall–Kier alpha value is -1.16. The molecule has 1 aromatic rings. The molecule has 2 N–H and O–H groups in total. The summed E-state index contributed by atoms with van der Waals surface area (Å²) in [7, 11) is 0. The average molecular weight is 270 g/mol. The van der Waals surface area contributed by atoms with Crippen LogP contribution in [0.15, 0.2) is 12.1 Å². The lowest BCUT2D eigenvalue weighted by atomic mass is 9.76. The van der Waals surface area contributed by atoms with Crippen molar-refractivity contribution in [2.75, 3.05) is 0 Å². The van der Waals surface area contributed by atoms with Crippen LogP contribution in [0, 0.1) is 17.6 Å². The third-order valence-electron chi connectivity index (χ3n) is 4.27. The van der Waals surface area contributed by atoms with Gasteiger partial charge in [-0.2, -0.15) is 4.39 Å². The minimum atomic E-state index is -1.16. The number of benzene rings is 1. The Labute approximate surface area is 112 Å². The zero-order valence-corrected chi connectivity index (χ0v) is 11.1. The highest BCUT2D eigenvalue weighted by Crippen LogP contribution is 2.39. The molecule has 0 radical (unpaired) electrons. The van der Waals surface area contributed by atoms with E-state index >= 15 is 0 Å². The van der Waals surface area contributed by atoms with Crippen molar-refractivity contribution in [3.05, 3.63) is 29.3 Å². The Morgan fingerprint density at radius 3 is 2.37 bits per heavy atom. The minimum absolute atomic E-state index is 0.0181. The van der Waals surface area contributed by atoms with Crippen LogP contribution in [0.5, 0.6) is 5.75 Å². The Bertz CT molecular complexity index is 440. The van der Waals surface area contributed by atoms with Crippen LogP contribution in [0.1, 0.15) is 50.5 Å². The maximum atomic E-state index is 13.8. The fraction of sp³-hybridized carbons (Fsp3) is 0.600. The normalized spacial score (nSPS) is 25.3. The van der Waals surface area contributed by atoms with E-state index in [0.717, 1.165) is 32.1 Å². The van der Waals surface area contributed by atoms with Crippen LogP contribution < -0.4 is 0 Å². The van der Waals surface area contributed by atoms with Gasteiger partial charge in [0, 0.05) is 0 Å². The summed E-state index contributed by atoms with van der Waals surface area (Å²) in [4.78, 5) is 0. The van der Waals surface area contributed by atoms with E-state index in [1.807, 2.05) is 6.92 Å². The molecule has 1 aliphatic rings. The Morgan fingerprint density at radius 1 is 1.16 bits per heavy atom. The van der Waals surface area contributed by atoms with Crippen molar-refractivity contribution in [1.82, 2.24) is 0 Å². The van der Waals surface area contributed by atoms with Gasteiger partial charge < -0.3 is 10.2 Å². The lowest BCUT2D eigenvalue weighted by molar-refractivity contribution is 0.0775. The van der Waals surface area contributed by atoms with Crippen molar-refractivity contribution in [2.24, 2.45) is 5.92 Å². The van der Waals surface area contributed by atoms with Crippen molar-refractivity contribution in [3.8, 4) is 5.75 Å². The number of phenolic OH excluding ortho intramolecular Hbond substituents is 1. The number of aromatic hydroxyl groups is 1. The van der Waals surface area contributed by atoms with Crippen molar-refractivity contribution in [3.63, 3.8) is 0 Å². The topological polar surface area (TPSA) is 40.5 Å². The Balaban J connectivity index is 2.08. The van der Waals surface area contributed by atoms with Gasteiger partial charge in [-0.1, -0.05) is 13.0 Å². The summed E-state index contributed by atoms with van der Waals surface area (Å²) in [5, 5.41) is 18.9. The molecule has 2 nitrogen and oxygen atoms in total. The van der Waals surface area contributed by atoms with Gasteiger partial charge in [0.15, 0.2) is 11.6 Å². The van der Waals surface area contributed by atoms with E-state index in [4.69, 9.17) is 5.11 Å². The van der Waals surface area contributed by atoms with Crippen molar-refractivity contribution >= 4 is 0 Å². The molecule has 1 aromatic carbocycles. The van der Waals surface area contributed by atoms with Crippen molar-refractivity contribution in [1.29, 1.82) is 0 Å². The van der Waals surface area contributed by atoms with Crippen LogP contribution in [0.4, 0.5) is 8.78 Å². The summed E-state index contributed by atoms with van der Waals surface area (Å²) >= 11 is 0. The maximum Gasteiger partial charge on any atom is 0.200 e. The van der Waals surface area contributed by atoms with E-state index in [9.17, 15) is 13.9 Å². The van der Waals surface area contributed by atoms with Gasteiger partial charge in [-0.05, 0) is 55.6 Å². The molecule has 1 aliphatic carbocycles. The fourth-order valence-corrected chi connectivity index (χ4v) is 3.02. The molecule has 0 aromatic heterocycles. The molecule has 1 unspecified atom stereocenters. The molecule has 0 aliphatic heterocycles. The summed E-state index contributed by atoms with van der Waals surface area (Å²) in [6.45, 7) is 1.95. The van der Waals surface area contributed by atoms with Crippen molar-refractivity contribution in [2.45, 2.75) is 51.0 Å². The zero-order chi connectivity index (χ0) is 14.0. The molecule has 0 bridgehead atoms. The monoisotopic (exact) mass is 270 g/mol. The number of aliphatic hydroxyl groups is 1. The first-order valence-corrected chi connectivity index (χ1v) is 6.89. The first-order valence-electron chi connectivity index (χ1n) is 6.89. The van der Waals surface area contributed by atoms with Gasteiger partial charge in [0.05, 0.1) is 6.10 Å². The summed E-state index contributed by atoms with van der Waals surface area (Å²) in [6, 6.07) is 2.68. The molecule has 19 heavy (non-hydrogen) atoms. The second kappa shape index (κ2) is 5.87. The summed E-state index contributed by atoms with van der Waals surface area (Å²) in [5.41, 5.74) is 0.347. The highest BCUT2D eigenvalue weighted by molar-refractivity contribution is 5.32. The SMILES string of the molecule is CCC(O)C1CCC(c2ccc(O)c(F)c2F)CC1. The average Bonchev–Trinajstić information content (AvgIpc) is 2.44. The molecule has 106 valence electrons. The fourth-order valence-electron chi connectivity index (χ4n) is 3.02. The quantitative estimate of drug-likeness (QED) is 0.879. The van der Waals surface area contributed by atoms with Crippen LogP contribution in [-0.2, 0) is 0 Å². The van der Waals surface area contributed by atoms with Crippen molar-refractivity contribution < 1.29 is 19.0 Å². The van der Waals surface area contributed by atoms with E-state index in [-0.39, 0.29) is 17.9 Å². The van der Waals surface area contributed by atoms with Gasteiger partial charge in [0.2, 0.25) is 5.82 Å². The zero-order valence-electron chi connectivity index (χ0n) is 11.1. The first kappa shape index (κ1) is 14.3. The van der Waals surface area contributed by atoms with Gasteiger partial charge in [0.1, 0.15) is 0 Å². The number of hydrogen-bond donors (Lipinski definition) is 2.